The Hall–Kier alpha value is 0.0700. The predicted molar refractivity (Wildman–Crippen MR) is 145 cm³/mol. The molecule has 0 fully saturated rings. The van der Waals surface area contributed by atoms with Crippen molar-refractivity contribution in [2.24, 2.45) is 0 Å². The van der Waals surface area contributed by atoms with Crippen molar-refractivity contribution < 1.29 is 87.6 Å². The Labute approximate surface area is 276 Å². The number of rotatable bonds is 8. The van der Waals surface area contributed by atoms with Crippen molar-refractivity contribution in [1.82, 2.24) is 0 Å². The molecule has 0 aliphatic heterocycles. The van der Waals surface area contributed by atoms with Crippen LogP contribution >= 0.6 is 31.4 Å². The van der Waals surface area contributed by atoms with Crippen molar-refractivity contribution >= 4 is 53.6 Å². The molecule has 4 N–H and O–H groups in total. The van der Waals surface area contributed by atoms with Gasteiger partial charge in [-0.1, -0.05) is 72.8 Å². The van der Waals surface area contributed by atoms with Crippen LogP contribution in [0.4, 0.5) is 0 Å². The van der Waals surface area contributed by atoms with E-state index in [0.717, 1.165) is 20.9 Å². The summed E-state index contributed by atoms with van der Waals surface area (Å²) in [6.07, 6.45) is 0. The maximum Gasteiger partial charge on any atom is 1.00 e. The van der Waals surface area contributed by atoms with E-state index in [-0.39, 0.29) is 79.9 Å². The molecule has 4 aromatic rings. The maximum absolute atomic E-state index is 11.7. The average molecular weight is 611 g/mol. The van der Waals surface area contributed by atoms with Crippen LogP contribution in [-0.2, 0) is 22.2 Å². The molecule has 6 nitrogen and oxygen atoms in total. The van der Waals surface area contributed by atoms with Gasteiger partial charge in [-0.2, -0.15) is 0 Å². The summed E-state index contributed by atoms with van der Waals surface area (Å²) in [4.78, 5) is 2.39. The van der Waals surface area contributed by atoms with Gasteiger partial charge in [0.2, 0.25) is 0 Å². The molecular weight excluding hydrogens is 591 g/mol. The van der Waals surface area contributed by atoms with E-state index in [1.54, 1.807) is 36.4 Å². The summed E-state index contributed by atoms with van der Waals surface area (Å²) >= 11 is -4.67. The Morgan fingerprint density at radius 1 is 0.486 bits per heavy atom. The Morgan fingerprint density at radius 3 is 1.14 bits per heavy atom. The topological polar surface area (TPSA) is 143 Å². The summed E-state index contributed by atoms with van der Waals surface area (Å²) in [5.74, 6) is 0. The second kappa shape index (κ2) is 18.4. The van der Waals surface area contributed by atoms with Crippen LogP contribution < -0.4 is 59.1 Å². The van der Waals surface area contributed by atoms with Crippen molar-refractivity contribution in [2.45, 2.75) is 19.6 Å². The molecule has 0 aromatic heterocycles. The fraction of sp³-hybridized carbons (Fsp3) is 0. The summed E-state index contributed by atoms with van der Waals surface area (Å²) in [5, 5.41) is 0. The van der Waals surface area contributed by atoms with Crippen LogP contribution in [0.25, 0.3) is 22.3 Å². The quantitative estimate of drug-likeness (QED) is 0.146. The van der Waals surface area contributed by atoms with Crippen LogP contribution in [0, 0.1) is 0 Å². The largest absolute Gasteiger partial charge is 1.00 e. The van der Waals surface area contributed by atoms with Gasteiger partial charge in [0.25, 0.3) is 0 Å². The molecule has 0 saturated heterocycles. The van der Waals surface area contributed by atoms with Gasteiger partial charge in [0.1, 0.15) is 0 Å². The third kappa shape index (κ3) is 9.59. The third-order valence-corrected chi connectivity index (χ3v) is 10.1. The molecular formula is C24H20Na2O6S5. The minimum absolute atomic E-state index is 0. The molecule has 0 saturated carbocycles. The normalized spacial score (nSPS) is 11.5. The van der Waals surface area contributed by atoms with Crippen molar-refractivity contribution in [2.75, 3.05) is 0 Å². The molecule has 0 heterocycles. The first-order chi connectivity index (χ1) is 16.1. The summed E-state index contributed by atoms with van der Waals surface area (Å²) in [6.45, 7) is 0. The standard InChI is InChI=1S/C24H18O4S5.2Na.2H2O/c25-32(26)23-15-7-3-11-19(23)17-9-1-5-13-21(17)29-31-30-22-14-6-2-10-18(22)20-12-4-8-16-24(20)33(27)28;;;;/h1-16H,(H,25,26)(H,27,28);;;2*1H2/q;2*+1;;/p-2. The SMILES string of the molecule is O.O.O=S([O-])c1ccccc1-c1ccccc1SSSc1ccccc1-c1ccccc1S(=O)[O-].[Na+].[Na+]. The van der Waals surface area contributed by atoms with Gasteiger partial charge in [-0.3, -0.25) is 8.42 Å². The smallest absolute Gasteiger partial charge is 0.768 e. The van der Waals surface area contributed by atoms with E-state index in [1.807, 2.05) is 60.7 Å². The zero-order chi connectivity index (χ0) is 23.2. The van der Waals surface area contributed by atoms with E-state index in [2.05, 4.69) is 0 Å². The van der Waals surface area contributed by atoms with Crippen LogP contribution in [0.5, 0.6) is 0 Å². The van der Waals surface area contributed by atoms with E-state index in [0.29, 0.717) is 11.1 Å². The zero-order valence-corrected chi connectivity index (χ0v) is 28.0. The van der Waals surface area contributed by atoms with E-state index in [4.69, 9.17) is 0 Å². The summed E-state index contributed by atoms with van der Waals surface area (Å²) in [5.41, 5.74) is 3.00. The fourth-order valence-corrected chi connectivity index (χ4v) is 8.40. The first kappa shape index (κ1) is 37.1. The van der Waals surface area contributed by atoms with E-state index in [9.17, 15) is 17.5 Å². The Kier molecular flexibility index (Phi) is 18.5. The second-order valence-electron chi connectivity index (χ2n) is 6.69. The number of benzene rings is 4. The Morgan fingerprint density at radius 2 is 0.784 bits per heavy atom. The van der Waals surface area contributed by atoms with Gasteiger partial charge in [0, 0.05) is 19.6 Å². The molecule has 0 spiro atoms. The molecule has 0 bridgehead atoms. The summed E-state index contributed by atoms with van der Waals surface area (Å²) in [7, 11) is 4.59. The van der Waals surface area contributed by atoms with Crippen LogP contribution in [0.1, 0.15) is 0 Å². The summed E-state index contributed by atoms with van der Waals surface area (Å²) < 4.78 is 46.8. The average Bonchev–Trinajstić information content (AvgIpc) is 2.84. The van der Waals surface area contributed by atoms with E-state index >= 15 is 0 Å². The van der Waals surface area contributed by atoms with Gasteiger partial charge < -0.3 is 20.1 Å². The first-order valence-electron chi connectivity index (χ1n) is 9.63. The molecule has 4 aromatic carbocycles. The van der Waals surface area contributed by atoms with Crippen LogP contribution in [0.2, 0.25) is 0 Å². The Balaban J connectivity index is 0.00000324. The molecule has 0 aliphatic carbocycles. The Bertz CT molecular complexity index is 1240. The molecule has 0 radical (unpaired) electrons. The van der Waals surface area contributed by atoms with Gasteiger partial charge in [-0.25, -0.2) is 0 Å². The van der Waals surface area contributed by atoms with Gasteiger partial charge in [-0.15, -0.1) is 0 Å². The van der Waals surface area contributed by atoms with Crippen LogP contribution in [-0.4, -0.2) is 28.5 Å². The minimum atomic E-state index is -2.34. The van der Waals surface area contributed by atoms with Crippen molar-refractivity contribution in [3.63, 3.8) is 0 Å². The molecule has 37 heavy (non-hydrogen) atoms. The number of hydrogen-bond donors (Lipinski definition) is 0. The monoisotopic (exact) mass is 610 g/mol. The second-order valence-corrected chi connectivity index (χ2v) is 12.5. The molecule has 13 heteroatoms. The molecule has 0 aliphatic rings. The van der Waals surface area contributed by atoms with Crippen molar-refractivity contribution in [1.29, 1.82) is 0 Å². The van der Waals surface area contributed by atoms with Gasteiger partial charge >= 0.3 is 59.1 Å². The number of hydrogen-bond acceptors (Lipinski definition) is 7. The predicted octanol–water partition coefficient (Wildman–Crippen LogP) is -0.697. The fourth-order valence-electron chi connectivity index (χ4n) is 3.28. The minimum Gasteiger partial charge on any atom is -0.768 e. The van der Waals surface area contributed by atoms with Crippen LogP contribution in [0.15, 0.2) is 117 Å². The van der Waals surface area contributed by atoms with Gasteiger partial charge in [-0.05, 0) is 100 Å². The maximum atomic E-state index is 11.7. The third-order valence-electron chi connectivity index (χ3n) is 4.74. The van der Waals surface area contributed by atoms with E-state index in [1.165, 1.54) is 31.4 Å². The first-order valence-corrected chi connectivity index (χ1v) is 15.3. The van der Waals surface area contributed by atoms with E-state index < -0.39 is 22.2 Å². The molecule has 184 valence electrons. The summed E-state index contributed by atoms with van der Waals surface area (Å²) in [6, 6.07) is 29.2. The molecule has 0 amide bonds. The van der Waals surface area contributed by atoms with Gasteiger partial charge in [0.05, 0.1) is 0 Å². The zero-order valence-electron chi connectivity index (χ0n) is 19.9. The van der Waals surface area contributed by atoms with Gasteiger partial charge in [0.15, 0.2) is 0 Å². The molecule has 2 unspecified atom stereocenters. The van der Waals surface area contributed by atoms with Crippen molar-refractivity contribution in [3.05, 3.63) is 97.1 Å². The van der Waals surface area contributed by atoms with Crippen molar-refractivity contribution in [3.8, 4) is 22.3 Å². The molecule has 2 atom stereocenters. The van der Waals surface area contributed by atoms with Crippen LogP contribution in [0.3, 0.4) is 0 Å². The molecule has 4 rings (SSSR count).